The highest BCUT2D eigenvalue weighted by Gasteiger charge is 2.14. The summed E-state index contributed by atoms with van der Waals surface area (Å²) in [6.45, 7) is 2.42. The topological polar surface area (TPSA) is 97.3 Å². The number of hydrogen-bond acceptors (Lipinski definition) is 5. The molecule has 1 aromatic rings. The molecular weight excluding hydrogens is 218 g/mol. The van der Waals surface area contributed by atoms with E-state index < -0.39 is 0 Å². The van der Waals surface area contributed by atoms with Crippen molar-refractivity contribution in [3.05, 3.63) is 12.1 Å². The molecule has 0 aliphatic heterocycles. The van der Waals surface area contributed by atoms with Gasteiger partial charge in [-0.15, -0.1) is 0 Å². The highest BCUT2D eigenvalue weighted by Crippen LogP contribution is 2.18. The van der Waals surface area contributed by atoms with Gasteiger partial charge in [0.25, 0.3) is 0 Å². The lowest BCUT2D eigenvalue weighted by Crippen LogP contribution is -2.34. The van der Waals surface area contributed by atoms with Gasteiger partial charge in [-0.05, 0) is 12.1 Å². The van der Waals surface area contributed by atoms with Gasteiger partial charge >= 0.3 is 0 Å². The minimum Gasteiger partial charge on any atom is -0.396 e. The summed E-state index contributed by atoms with van der Waals surface area (Å²) >= 11 is 0. The van der Waals surface area contributed by atoms with Crippen LogP contribution in [-0.4, -0.2) is 31.5 Å². The summed E-state index contributed by atoms with van der Waals surface area (Å²) in [5.41, 5.74) is 11.7. The van der Waals surface area contributed by atoms with E-state index in [1.165, 1.54) is 0 Å². The fourth-order valence-corrected chi connectivity index (χ4v) is 1.52. The summed E-state index contributed by atoms with van der Waals surface area (Å²) in [5.74, 6) is 0.889. The van der Waals surface area contributed by atoms with Crippen LogP contribution in [0.3, 0.4) is 0 Å². The molecule has 5 N–H and O–H groups in total. The van der Waals surface area contributed by atoms with Gasteiger partial charge in [0.05, 0.1) is 11.6 Å². The lowest BCUT2D eigenvalue weighted by molar-refractivity contribution is -0.123. The molecule has 1 heterocycles. The number of carbonyl (C=O) groups is 1. The maximum Gasteiger partial charge on any atom is 0.224 e. The first-order valence-electron chi connectivity index (χ1n) is 5.40. The van der Waals surface area contributed by atoms with Crippen molar-refractivity contribution in [3.8, 4) is 0 Å². The summed E-state index contributed by atoms with van der Waals surface area (Å²) in [6.07, 6.45) is 0. The number of carbonyl (C=O) groups excluding carboxylic acids is 1. The van der Waals surface area contributed by atoms with Gasteiger partial charge in [0.15, 0.2) is 0 Å². The van der Waals surface area contributed by atoms with Crippen LogP contribution in [0.4, 0.5) is 17.3 Å². The molecular formula is C11H19N5O. The summed E-state index contributed by atoms with van der Waals surface area (Å²) < 4.78 is 0. The zero-order valence-corrected chi connectivity index (χ0v) is 10.4. The average Bonchev–Trinajstić information content (AvgIpc) is 2.31. The van der Waals surface area contributed by atoms with E-state index in [0.29, 0.717) is 23.9 Å². The van der Waals surface area contributed by atoms with E-state index in [9.17, 15) is 4.79 Å². The van der Waals surface area contributed by atoms with Gasteiger partial charge in [-0.3, -0.25) is 4.79 Å². The molecule has 0 aliphatic rings. The number of nitrogens with two attached hydrogens (primary N) is 2. The molecule has 0 spiro atoms. The van der Waals surface area contributed by atoms with Crippen LogP contribution in [0.25, 0.3) is 0 Å². The van der Waals surface area contributed by atoms with E-state index in [1.807, 2.05) is 18.9 Å². The van der Waals surface area contributed by atoms with Crippen LogP contribution in [-0.2, 0) is 4.79 Å². The van der Waals surface area contributed by atoms with Crippen LogP contribution in [0.1, 0.15) is 6.92 Å². The van der Waals surface area contributed by atoms with Gasteiger partial charge in [0, 0.05) is 20.6 Å². The van der Waals surface area contributed by atoms with Crippen molar-refractivity contribution in [2.24, 2.45) is 5.92 Å². The SMILES string of the molecule is CNC(=O)C(C)CN(C)c1ccc(N)c(N)n1. The highest BCUT2D eigenvalue weighted by molar-refractivity contribution is 5.78. The fourth-order valence-electron chi connectivity index (χ4n) is 1.52. The second kappa shape index (κ2) is 5.38. The zero-order chi connectivity index (χ0) is 13.0. The van der Waals surface area contributed by atoms with Crippen LogP contribution < -0.4 is 21.7 Å². The fraction of sp³-hybridized carbons (Fsp3) is 0.455. The number of nitrogens with one attached hydrogen (secondary N) is 1. The van der Waals surface area contributed by atoms with Crippen LogP contribution in [0, 0.1) is 5.92 Å². The van der Waals surface area contributed by atoms with E-state index in [1.54, 1.807) is 19.2 Å². The molecule has 0 fully saturated rings. The summed E-state index contributed by atoms with van der Waals surface area (Å²) in [5, 5.41) is 2.61. The molecule has 6 heteroatoms. The number of nitrogen functional groups attached to an aromatic ring is 2. The molecule has 1 atom stereocenters. The maximum absolute atomic E-state index is 11.4. The molecule has 1 aromatic heterocycles. The molecule has 0 aromatic carbocycles. The van der Waals surface area contributed by atoms with Crippen molar-refractivity contribution in [3.63, 3.8) is 0 Å². The Hall–Kier alpha value is -1.98. The summed E-state index contributed by atoms with van der Waals surface area (Å²) in [4.78, 5) is 17.4. The van der Waals surface area contributed by atoms with Crippen molar-refractivity contribution in [2.45, 2.75) is 6.92 Å². The number of aromatic nitrogens is 1. The van der Waals surface area contributed by atoms with Gasteiger partial charge in [0.2, 0.25) is 5.91 Å². The van der Waals surface area contributed by atoms with Gasteiger partial charge < -0.3 is 21.7 Å². The van der Waals surface area contributed by atoms with Crippen molar-refractivity contribution in [1.29, 1.82) is 0 Å². The van der Waals surface area contributed by atoms with Crippen molar-refractivity contribution < 1.29 is 4.79 Å². The van der Waals surface area contributed by atoms with Gasteiger partial charge in [-0.2, -0.15) is 0 Å². The first-order chi connectivity index (χ1) is 7.95. The molecule has 17 heavy (non-hydrogen) atoms. The Kier molecular flexibility index (Phi) is 4.14. The average molecular weight is 237 g/mol. The maximum atomic E-state index is 11.4. The Labute approximate surface area is 101 Å². The van der Waals surface area contributed by atoms with Crippen LogP contribution in [0.5, 0.6) is 0 Å². The van der Waals surface area contributed by atoms with Crippen molar-refractivity contribution in [2.75, 3.05) is 37.0 Å². The first kappa shape index (κ1) is 13.1. The predicted octanol–water partition coefficient (Wildman–Crippen LogP) is 0.0643. The lowest BCUT2D eigenvalue weighted by Gasteiger charge is -2.22. The smallest absolute Gasteiger partial charge is 0.224 e. The Morgan fingerprint density at radius 3 is 2.71 bits per heavy atom. The zero-order valence-electron chi connectivity index (χ0n) is 10.4. The molecule has 0 bridgehead atoms. The second-order valence-corrected chi connectivity index (χ2v) is 4.04. The minimum atomic E-state index is -0.120. The Bertz CT molecular complexity index is 407. The highest BCUT2D eigenvalue weighted by atomic mass is 16.1. The van der Waals surface area contributed by atoms with Gasteiger partial charge in [0.1, 0.15) is 11.6 Å². The van der Waals surface area contributed by atoms with Gasteiger partial charge in [-0.25, -0.2) is 4.98 Å². The van der Waals surface area contributed by atoms with Crippen LogP contribution in [0.15, 0.2) is 12.1 Å². The Balaban J connectivity index is 2.72. The second-order valence-electron chi connectivity index (χ2n) is 4.04. The first-order valence-corrected chi connectivity index (χ1v) is 5.40. The molecule has 1 unspecified atom stereocenters. The van der Waals surface area contributed by atoms with E-state index in [-0.39, 0.29) is 11.8 Å². The normalized spacial score (nSPS) is 11.9. The Morgan fingerprint density at radius 2 is 2.18 bits per heavy atom. The monoisotopic (exact) mass is 237 g/mol. The third kappa shape index (κ3) is 3.24. The number of amides is 1. The number of nitrogens with zero attached hydrogens (tertiary/aromatic N) is 2. The standard InChI is InChI=1S/C11H19N5O/c1-7(11(17)14-2)6-16(3)9-5-4-8(12)10(13)15-9/h4-5,7H,6,12H2,1-3H3,(H2,13,15)(H,14,17). The lowest BCUT2D eigenvalue weighted by atomic mass is 10.1. The predicted molar refractivity (Wildman–Crippen MR) is 69.6 cm³/mol. The van der Waals surface area contributed by atoms with E-state index in [0.717, 1.165) is 0 Å². The summed E-state index contributed by atoms with van der Waals surface area (Å²) in [7, 11) is 3.48. The Morgan fingerprint density at radius 1 is 1.53 bits per heavy atom. The molecule has 6 nitrogen and oxygen atoms in total. The van der Waals surface area contributed by atoms with Crippen molar-refractivity contribution in [1.82, 2.24) is 10.3 Å². The quantitative estimate of drug-likeness (QED) is 0.688. The number of rotatable bonds is 4. The van der Waals surface area contributed by atoms with Crippen LogP contribution >= 0.6 is 0 Å². The molecule has 1 rings (SSSR count). The third-order valence-electron chi connectivity index (χ3n) is 2.58. The molecule has 0 saturated heterocycles. The number of pyridine rings is 1. The molecule has 0 aliphatic carbocycles. The van der Waals surface area contributed by atoms with Crippen LogP contribution in [0.2, 0.25) is 0 Å². The summed E-state index contributed by atoms with van der Waals surface area (Å²) in [6, 6.07) is 3.49. The molecule has 0 saturated carbocycles. The van der Waals surface area contributed by atoms with Crippen molar-refractivity contribution >= 4 is 23.2 Å². The molecule has 1 amide bonds. The molecule has 94 valence electrons. The number of anilines is 3. The van der Waals surface area contributed by atoms with E-state index in [4.69, 9.17) is 11.5 Å². The minimum absolute atomic E-state index is 0.000247. The van der Waals surface area contributed by atoms with E-state index >= 15 is 0 Å². The number of hydrogen-bond donors (Lipinski definition) is 3. The molecule has 0 radical (unpaired) electrons. The third-order valence-corrected chi connectivity index (χ3v) is 2.58. The van der Waals surface area contributed by atoms with E-state index in [2.05, 4.69) is 10.3 Å². The van der Waals surface area contributed by atoms with Gasteiger partial charge in [-0.1, -0.05) is 6.92 Å². The largest absolute Gasteiger partial charge is 0.396 e.